The molecule has 0 heterocycles. The van der Waals surface area contributed by atoms with Gasteiger partial charge in [0.1, 0.15) is 0 Å². The predicted octanol–water partition coefficient (Wildman–Crippen LogP) is 3.37. The lowest BCUT2D eigenvalue weighted by molar-refractivity contribution is 0.155. The molecule has 0 aliphatic heterocycles. The molecule has 0 fully saturated rings. The van der Waals surface area contributed by atoms with E-state index in [1.165, 1.54) is 4.90 Å². The van der Waals surface area contributed by atoms with Gasteiger partial charge >= 0.3 is 0 Å². The van der Waals surface area contributed by atoms with E-state index in [1.807, 2.05) is 23.9 Å². The zero-order valence-corrected chi connectivity index (χ0v) is 9.13. The fourth-order valence-corrected chi connectivity index (χ4v) is 1.79. The van der Waals surface area contributed by atoms with Crippen molar-refractivity contribution >= 4 is 11.8 Å². The third-order valence-corrected chi connectivity index (χ3v) is 2.68. The Kier molecular flexibility index (Phi) is 6.20. The molecule has 0 N–H and O–H groups in total. The maximum Gasteiger partial charge on any atom is 0.0560 e. The van der Waals surface area contributed by atoms with Gasteiger partial charge in [-0.3, -0.25) is 0 Å². The molecule has 0 aliphatic carbocycles. The fourth-order valence-electron chi connectivity index (χ4n) is 1.00. The zero-order valence-electron chi connectivity index (χ0n) is 8.32. The van der Waals surface area contributed by atoms with Gasteiger partial charge in [-0.05, 0) is 18.6 Å². The zero-order chi connectivity index (χ0) is 10.1. The van der Waals surface area contributed by atoms with Crippen molar-refractivity contribution in [3.8, 4) is 0 Å². The summed E-state index contributed by atoms with van der Waals surface area (Å²) in [5, 5.41) is 0. The summed E-state index contributed by atoms with van der Waals surface area (Å²) in [7, 11) is 0. The largest absolute Gasteiger partial charge is 0.380 e. The monoisotopic (exact) mass is 208 g/mol. The van der Waals surface area contributed by atoms with Gasteiger partial charge in [0, 0.05) is 10.6 Å². The Morgan fingerprint density at radius 3 is 2.71 bits per heavy atom. The fraction of sp³-hybridized carbons (Fsp3) is 0.333. The molecule has 0 bridgehead atoms. The molecule has 0 atom stereocenters. The second-order valence-corrected chi connectivity index (χ2v) is 4.02. The molecular weight excluding hydrogens is 192 g/mol. The van der Waals surface area contributed by atoms with E-state index in [0.29, 0.717) is 0 Å². The van der Waals surface area contributed by atoms with Crippen LogP contribution in [0.2, 0.25) is 0 Å². The van der Waals surface area contributed by atoms with Crippen molar-refractivity contribution in [2.45, 2.75) is 11.3 Å². The first kappa shape index (κ1) is 11.3. The molecule has 1 nitrogen and oxygen atoms in total. The number of ether oxygens (including phenoxy) is 1. The van der Waals surface area contributed by atoms with E-state index >= 15 is 0 Å². The Hall–Kier alpha value is -0.730. The van der Waals surface area contributed by atoms with Crippen LogP contribution >= 0.6 is 11.8 Å². The molecule has 0 radical (unpaired) electrons. The van der Waals surface area contributed by atoms with E-state index in [0.717, 1.165) is 25.4 Å². The summed E-state index contributed by atoms with van der Waals surface area (Å²) in [5.41, 5.74) is 0. The van der Waals surface area contributed by atoms with Crippen molar-refractivity contribution in [2.24, 2.45) is 0 Å². The first-order valence-corrected chi connectivity index (χ1v) is 5.78. The smallest absolute Gasteiger partial charge is 0.0560 e. The highest BCUT2D eigenvalue weighted by atomic mass is 32.2. The molecule has 76 valence electrons. The van der Waals surface area contributed by atoms with Gasteiger partial charge in [-0.25, -0.2) is 0 Å². The van der Waals surface area contributed by atoms with Crippen LogP contribution in [0.25, 0.3) is 0 Å². The number of thioether (sulfide) groups is 1. The van der Waals surface area contributed by atoms with Gasteiger partial charge in [0.05, 0.1) is 13.2 Å². The number of hydrogen-bond acceptors (Lipinski definition) is 2. The summed E-state index contributed by atoms with van der Waals surface area (Å²) in [4.78, 5) is 1.31. The van der Waals surface area contributed by atoms with Crippen molar-refractivity contribution in [2.75, 3.05) is 19.0 Å². The summed E-state index contributed by atoms with van der Waals surface area (Å²) >= 11 is 1.83. The van der Waals surface area contributed by atoms with E-state index in [-0.39, 0.29) is 0 Å². The number of rotatable bonds is 7. The molecule has 1 rings (SSSR count). The van der Waals surface area contributed by atoms with E-state index in [4.69, 9.17) is 4.74 Å². The van der Waals surface area contributed by atoms with Crippen molar-refractivity contribution in [3.05, 3.63) is 43.0 Å². The van der Waals surface area contributed by atoms with Gasteiger partial charge in [-0.15, -0.1) is 18.3 Å². The molecular formula is C12H16OS. The standard InChI is InChI=1S/C12H16OS/c1-2-3-9-13-10-11-14-12-7-5-4-6-8-12/h2,4-8H,1,3,9-11H2. The lowest BCUT2D eigenvalue weighted by atomic mass is 10.4. The Labute approximate surface area is 90.2 Å². The normalized spacial score (nSPS) is 10.0. The Morgan fingerprint density at radius 2 is 2.00 bits per heavy atom. The van der Waals surface area contributed by atoms with E-state index < -0.39 is 0 Å². The molecule has 0 spiro atoms. The van der Waals surface area contributed by atoms with E-state index in [9.17, 15) is 0 Å². The quantitative estimate of drug-likeness (QED) is 0.386. The third kappa shape index (κ3) is 5.10. The molecule has 0 amide bonds. The third-order valence-electron chi connectivity index (χ3n) is 1.71. The van der Waals surface area contributed by atoms with Gasteiger partial charge in [0.2, 0.25) is 0 Å². The number of hydrogen-bond donors (Lipinski definition) is 0. The number of benzene rings is 1. The molecule has 2 heteroatoms. The summed E-state index contributed by atoms with van der Waals surface area (Å²) in [6, 6.07) is 10.4. The SMILES string of the molecule is C=CCCOCCSc1ccccc1. The molecule has 0 saturated heterocycles. The molecule has 1 aromatic carbocycles. The first-order chi connectivity index (χ1) is 6.93. The minimum atomic E-state index is 0.791. The lowest BCUT2D eigenvalue weighted by Gasteiger charge is -2.02. The molecule has 1 aromatic rings. The first-order valence-electron chi connectivity index (χ1n) is 4.80. The van der Waals surface area contributed by atoms with Gasteiger partial charge < -0.3 is 4.74 Å². The molecule has 0 aliphatic rings. The van der Waals surface area contributed by atoms with Crippen LogP contribution in [0.1, 0.15) is 6.42 Å². The van der Waals surface area contributed by atoms with Crippen molar-refractivity contribution in [1.29, 1.82) is 0 Å². The minimum Gasteiger partial charge on any atom is -0.380 e. The summed E-state index contributed by atoms with van der Waals surface area (Å²) in [6.45, 7) is 5.24. The Morgan fingerprint density at radius 1 is 1.21 bits per heavy atom. The van der Waals surface area contributed by atoms with E-state index in [2.05, 4.69) is 30.8 Å². The van der Waals surface area contributed by atoms with Gasteiger partial charge in [0.25, 0.3) is 0 Å². The highest BCUT2D eigenvalue weighted by Crippen LogP contribution is 2.16. The molecule has 0 aromatic heterocycles. The Balaban J connectivity index is 2.02. The van der Waals surface area contributed by atoms with Crippen LogP contribution in [0.4, 0.5) is 0 Å². The van der Waals surface area contributed by atoms with Crippen LogP contribution in [-0.2, 0) is 4.74 Å². The average molecular weight is 208 g/mol. The Bertz CT molecular complexity index is 246. The highest BCUT2D eigenvalue weighted by Gasteiger charge is 1.91. The summed E-state index contributed by atoms with van der Waals surface area (Å²) in [6.07, 6.45) is 2.82. The van der Waals surface area contributed by atoms with Gasteiger partial charge in [-0.1, -0.05) is 24.3 Å². The van der Waals surface area contributed by atoms with Crippen LogP contribution in [-0.4, -0.2) is 19.0 Å². The van der Waals surface area contributed by atoms with Crippen LogP contribution in [0, 0.1) is 0 Å². The van der Waals surface area contributed by atoms with Crippen molar-refractivity contribution in [3.63, 3.8) is 0 Å². The van der Waals surface area contributed by atoms with Crippen LogP contribution in [0.5, 0.6) is 0 Å². The second-order valence-electron chi connectivity index (χ2n) is 2.85. The lowest BCUT2D eigenvalue weighted by Crippen LogP contribution is -1.97. The second kappa shape index (κ2) is 7.65. The molecule has 0 unspecified atom stereocenters. The maximum atomic E-state index is 5.40. The minimum absolute atomic E-state index is 0.791. The van der Waals surface area contributed by atoms with Crippen LogP contribution in [0.15, 0.2) is 47.9 Å². The van der Waals surface area contributed by atoms with E-state index in [1.54, 1.807) is 0 Å². The van der Waals surface area contributed by atoms with Crippen LogP contribution in [0.3, 0.4) is 0 Å². The van der Waals surface area contributed by atoms with Crippen LogP contribution < -0.4 is 0 Å². The summed E-state index contributed by atoms with van der Waals surface area (Å²) in [5.74, 6) is 1.02. The molecule has 0 saturated carbocycles. The average Bonchev–Trinajstić information content (AvgIpc) is 2.25. The van der Waals surface area contributed by atoms with Gasteiger partial charge in [-0.2, -0.15) is 0 Å². The van der Waals surface area contributed by atoms with Crippen molar-refractivity contribution in [1.82, 2.24) is 0 Å². The highest BCUT2D eigenvalue weighted by molar-refractivity contribution is 7.99. The van der Waals surface area contributed by atoms with Gasteiger partial charge in [0.15, 0.2) is 0 Å². The van der Waals surface area contributed by atoms with Crippen molar-refractivity contribution < 1.29 is 4.74 Å². The summed E-state index contributed by atoms with van der Waals surface area (Å²) < 4.78 is 5.40. The topological polar surface area (TPSA) is 9.23 Å². The molecule has 14 heavy (non-hydrogen) atoms. The predicted molar refractivity (Wildman–Crippen MR) is 62.8 cm³/mol. The maximum absolute atomic E-state index is 5.40.